The van der Waals surface area contributed by atoms with Crippen LogP contribution in [-0.2, 0) is 18.1 Å². The first-order chi connectivity index (χ1) is 6.35. The molecule has 0 saturated carbocycles. The highest BCUT2D eigenvalue weighted by molar-refractivity contribution is 6.36. The second-order valence-corrected chi connectivity index (χ2v) is 3.62. The lowest BCUT2D eigenvalue weighted by Gasteiger charge is -2.13. The van der Waals surface area contributed by atoms with Crippen LogP contribution in [-0.4, -0.2) is 42.0 Å². The zero-order valence-corrected chi connectivity index (χ0v) is 9.14. The molecule has 0 fully saturated rings. The van der Waals surface area contributed by atoms with Gasteiger partial charge in [-0.3, -0.25) is 0 Å². The predicted molar refractivity (Wildman–Crippen MR) is 49.3 cm³/mol. The summed E-state index contributed by atoms with van der Waals surface area (Å²) >= 11 is 0. The van der Waals surface area contributed by atoms with E-state index < -0.39 is 9.53 Å². The molecule has 0 N–H and O–H groups in total. The van der Waals surface area contributed by atoms with Crippen LogP contribution in [0.2, 0.25) is 0 Å². The van der Waals surface area contributed by atoms with Gasteiger partial charge in [-0.1, -0.05) is 0 Å². The summed E-state index contributed by atoms with van der Waals surface area (Å²) < 4.78 is 15.7. The SMILES string of the molecule is CCO[SiH](OCC)OCCN=C=O. The van der Waals surface area contributed by atoms with Crippen molar-refractivity contribution >= 4 is 15.6 Å². The topological polar surface area (TPSA) is 57.1 Å². The molecular weight excluding hydrogens is 190 g/mol. The molecule has 0 saturated heterocycles. The Morgan fingerprint density at radius 3 is 2.31 bits per heavy atom. The number of carbonyl (C=O) groups excluding carboxylic acids is 1. The van der Waals surface area contributed by atoms with E-state index in [1.165, 1.54) is 6.08 Å². The van der Waals surface area contributed by atoms with Crippen molar-refractivity contribution < 1.29 is 18.1 Å². The Bertz CT molecular complexity index is 155. The zero-order chi connectivity index (χ0) is 9.94. The first-order valence-corrected chi connectivity index (χ1v) is 5.65. The molecule has 6 heteroatoms. The van der Waals surface area contributed by atoms with Gasteiger partial charge in [-0.05, 0) is 13.8 Å². The Morgan fingerprint density at radius 1 is 1.23 bits per heavy atom. The Balaban J connectivity index is 3.48. The summed E-state index contributed by atoms with van der Waals surface area (Å²) in [6, 6.07) is 0. The average Bonchev–Trinajstić information content (AvgIpc) is 2.13. The maximum absolute atomic E-state index is 9.70. The van der Waals surface area contributed by atoms with Crippen LogP contribution in [0.5, 0.6) is 0 Å². The van der Waals surface area contributed by atoms with Crippen LogP contribution >= 0.6 is 0 Å². The van der Waals surface area contributed by atoms with Crippen LogP contribution in [0, 0.1) is 0 Å². The van der Waals surface area contributed by atoms with Gasteiger partial charge in [0.2, 0.25) is 6.08 Å². The van der Waals surface area contributed by atoms with Gasteiger partial charge in [-0.15, -0.1) is 0 Å². The van der Waals surface area contributed by atoms with Gasteiger partial charge in [0.25, 0.3) is 0 Å². The molecule has 0 aliphatic heterocycles. The van der Waals surface area contributed by atoms with Gasteiger partial charge in [-0.2, -0.15) is 0 Å². The van der Waals surface area contributed by atoms with E-state index in [2.05, 4.69) is 4.99 Å². The number of aliphatic imine (C=N–C) groups is 1. The van der Waals surface area contributed by atoms with Crippen LogP contribution in [0.3, 0.4) is 0 Å². The Kier molecular flexibility index (Phi) is 9.18. The summed E-state index contributed by atoms with van der Waals surface area (Å²) in [7, 11) is -1.97. The summed E-state index contributed by atoms with van der Waals surface area (Å²) in [6.45, 7) is 5.58. The zero-order valence-electron chi connectivity index (χ0n) is 7.99. The fourth-order valence-corrected chi connectivity index (χ4v) is 1.79. The lowest BCUT2D eigenvalue weighted by molar-refractivity contribution is 0.105. The van der Waals surface area contributed by atoms with E-state index in [9.17, 15) is 4.79 Å². The normalized spacial score (nSPS) is 10.1. The van der Waals surface area contributed by atoms with Crippen LogP contribution in [0.4, 0.5) is 0 Å². The molecule has 0 aromatic heterocycles. The molecule has 0 aromatic rings. The summed E-state index contributed by atoms with van der Waals surface area (Å²) in [5, 5.41) is 0. The monoisotopic (exact) mass is 205 g/mol. The molecular formula is C7H15NO4Si. The standard InChI is InChI=1S/C7H15NO4Si/c1-3-10-13(11-4-2)12-6-5-8-7-9/h13H,3-6H2,1-2H3. The van der Waals surface area contributed by atoms with Gasteiger partial charge >= 0.3 is 9.53 Å². The molecule has 0 aromatic carbocycles. The van der Waals surface area contributed by atoms with Gasteiger partial charge < -0.3 is 13.3 Å². The number of hydrogen-bond acceptors (Lipinski definition) is 5. The van der Waals surface area contributed by atoms with E-state index in [1.807, 2.05) is 13.8 Å². The van der Waals surface area contributed by atoms with Gasteiger partial charge in [0.05, 0.1) is 13.2 Å². The largest absolute Gasteiger partial charge is 0.484 e. The summed E-state index contributed by atoms with van der Waals surface area (Å²) in [5.41, 5.74) is 0. The first-order valence-electron chi connectivity index (χ1n) is 4.23. The van der Waals surface area contributed by atoms with E-state index >= 15 is 0 Å². The third kappa shape index (κ3) is 7.83. The molecule has 0 rings (SSSR count). The molecule has 0 aliphatic carbocycles. The van der Waals surface area contributed by atoms with Crippen molar-refractivity contribution in [3.63, 3.8) is 0 Å². The summed E-state index contributed by atoms with van der Waals surface area (Å²) in [5.74, 6) is 0. The summed E-state index contributed by atoms with van der Waals surface area (Å²) in [4.78, 5) is 13.0. The number of rotatable bonds is 8. The number of hydrogen-bond donors (Lipinski definition) is 0. The fraction of sp³-hybridized carbons (Fsp3) is 0.857. The average molecular weight is 205 g/mol. The van der Waals surface area contributed by atoms with E-state index in [-0.39, 0.29) is 0 Å². The minimum absolute atomic E-state index is 0.313. The maximum atomic E-state index is 9.70. The van der Waals surface area contributed by atoms with Gasteiger partial charge in [0.15, 0.2) is 0 Å². The predicted octanol–water partition coefficient (Wildman–Crippen LogP) is 0.129. The molecule has 0 spiro atoms. The lowest BCUT2D eigenvalue weighted by Crippen LogP contribution is -2.28. The van der Waals surface area contributed by atoms with Crippen molar-refractivity contribution in [1.82, 2.24) is 0 Å². The molecule has 0 heterocycles. The highest BCUT2D eigenvalue weighted by atomic mass is 28.3. The molecule has 0 amide bonds. The quantitative estimate of drug-likeness (QED) is 0.244. The third-order valence-electron chi connectivity index (χ3n) is 1.13. The second kappa shape index (κ2) is 9.56. The van der Waals surface area contributed by atoms with E-state index in [0.29, 0.717) is 26.4 Å². The minimum Gasteiger partial charge on any atom is -0.376 e. The van der Waals surface area contributed by atoms with Crippen LogP contribution in [0.15, 0.2) is 4.99 Å². The number of nitrogens with zero attached hydrogens (tertiary/aromatic N) is 1. The minimum atomic E-state index is -1.97. The fourth-order valence-electron chi connectivity index (χ4n) is 0.657. The lowest BCUT2D eigenvalue weighted by atomic mass is 10.7. The summed E-state index contributed by atoms with van der Waals surface area (Å²) in [6.07, 6.45) is 1.43. The molecule has 0 bridgehead atoms. The van der Waals surface area contributed by atoms with Crippen molar-refractivity contribution in [2.45, 2.75) is 13.8 Å². The van der Waals surface area contributed by atoms with Gasteiger partial charge in [0.1, 0.15) is 0 Å². The molecule has 0 aliphatic rings. The molecule has 0 unspecified atom stereocenters. The molecule has 76 valence electrons. The number of isocyanates is 1. The van der Waals surface area contributed by atoms with Crippen LogP contribution in [0.25, 0.3) is 0 Å². The van der Waals surface area contributed by atoms with Crippen molar-refractivity contribution in [3.05, 3.63) is 0 Å². The van der Waals surface area contributed by atoms with E-state index in [0.717, 1.165) is 0 Å². The first kappa shape index (κ1) is 12.5. The molecule has 0 radical (unpaired) electrons. The smallest absolute Gasteiger partial charge is 0.376 e. The Labute approximate surface area is 79.7 Å². The van der Waals surface area contributed by atoms with Crippen molar-refractivity contribution in [2.24, 2.45) is 4.99 Å². The van der Waals surface area contributed by atoms with Crippen molar-refractivity contribution in [1.29, 1.82) is 0 Å². The van der Waals surface area contributed by atoms with Crippen molar-refractivity contribution in [2.75, 3.05) is 26.4 Å². The highest BCUT2D eigenvalue weighted by Crippen LogP contribution is 1.92. The molecule has 13 heavy (non-hydrogen) atoms. The Morgan fingerprint density at radius 2 is 1.85 bits per heavy atom. The van der Waals surface area contributed by atoms with Crippen LogP contribution < -0.4 is 0 Å². The third-order valence-corrected chi connectivity index (χ3v) is 2.85. The Hall–Kier alpha value is -0.523. The van der Waals surface area contributed by atoms with Gasteiger partial charge in [0, 0.05) is 13.2 Å². The van der Waals surface area contributed by atoms with E-state index in [4.69, 9.17) is 13.3 Å². The highest BCUT2D eigenvalue weighted by Gasteiger charge is 2.12. The second-order valence-electron chi connectivity index (χ2n) is 2.04. The van der Waals surface area contributed by atoms with Gasteiger partial charge in [-0.25, -0.2) is 9.79 Å². The maximum Gasteiger partial charge on any atom is 0.484 e. The molecule has 0 atom stereocenters. The molecule has 5 nitrogen and oxygen atoms in total. The van der Waals surface area contributed by atoms with Crippen molar-refractivity contribution in [3.8, 4) is 0 Å². The van der Waals surface area contributed by atoms with Crippen LogP contribution in [0.1, 0.15) is 13.8 Å². The van der Waals surface area contributed by atoms with E-state index in [1.54, 1.807) is 0 Å².